The lowest BCUT2D eigenvalue weighted by molar-refractivity contribution is -0.137. The van der Waals surface area contributed by atoms with Crippen molar-refractivity contribution in [1.82, 2.24) is 4.72 Å². The van der Waals surface area contributed by atoms with Gasteiger partial charge in [-0.2, -0.15) is 18.4 Å². The Labute approximate surface area is 197 Å². The standard InChI is InChI=1S/C15H18F3N3O2S.C7H7FS/c1-9(21-24(23)14(2,3)4)13(22)20-11-6-5-10(8-19)12(7-11)15(16,17)18;1-9-7-4-2-6(8)3-5-7/h5-7,9,21H,1-4H3,(H,20,22);2-5H,1H3. The van der Waals surface area contributed by atoms with Gasteiger partial charge in [0.1, 0.15) is 5.82 Å². The quantitative estimate of drug-likeness (QED) is 0.417. The average Bonchev–Trinajstić information content (AvgIpc) is 2.73. The van der Waals surface area contributed by atoms with Crippen LogP contribution in [0.3, 0.4) is 0 Å². The van der Waals surface area contributed by atoms with Crippen molar-refractivity contribution in [2.24, 2.45) is 0 Å². The normalized spacial score (nSPS) is 13.2. The van der Waals surface area contributed by atoms with E-state index in [9.17, 15) is 26.6 Å². The van der Waals surface area contributed by atoms with Gasteiger partial charge in [-0.3, -0.25) is 4.79 Å². The summed E-state index contributed by atoms with van der Waals surface area (Å²) >= 11 is 1.61. The first kappa shape index (κ1) is 28.6. The Hall–Kier alpha value is -2.42. The fourth-order valence-corrected chi connectivity index (χ4v) is 3.36. The Kier molecular flexibility index (Phi) is 10.5. The molecule has 0 fully saturated rings. The number of carbonyl (C=O) groups is 1. The van der Waals surface area contributed by atoms with E-state index in [4.69, 9.17) is 5.26 Å². The first-order valence-corrected chi connectivity index (χ1v) is 12.0. The van der Waals surface area contributed by atoms with E-state index in [1.54, 1.807) is 44.7 Å². The summed E-state index contributed by atoms with van der Waals surface area (Å²) < 4.78 is 64.8. The minimum Gasteiger partial charge on any atom is -0.325 e. The summed E-state index contributed by atoms with van der Waals surface area (Å²) in [4.78, 5) is 13.1. The second-order valence-electron chi connectivity index (χ2n) is 7.74. The molecule has 2 aromatic carbocycles. The Balaban J connectivity index is 0.000000502. The van der Waals surface area contributed by atoms with Crippen LogP contribution in [0.25, 0.3) is 0 Å². The van der Waals surface area contributed by atoms with Crippen molar-refractivity contribution >= 4 is 34.3 Å². The van der Waals surface area contributed by atoms with Crippen LogP contribution >= 0.6 is 11.8 Å². The van der Waals surface area contributed by atoms with Crippen molar-refractivity contribution in [3.63, 3.8) is 0 Å². The molecule has 0 aliphatic rings. The van der Waals surface area contributed by atoms with Crippen LogP contribution in [-0.2, 0) is 22.0 Å². The maximum atomic E-state index is 12.9. The summed E-state index contributed by atoms with van der Waals surface area (Å²) in [5.41, 5.74) is -1.75. The highest BCUT2D eigenvalue weighted by atomic mass is 32.2. The molecule has 11 heteroatoms. The van der Waals surface area contributed by atoms with Crippen molar-refractivity contribution in [3.05, 3.63) is 59.4 Å². The van der Waals surface area contributed by atoms with Crippen molar-refractivity contribution < 1.29 is 26.6 Å². The number of thioether (sulfide) groups is 1. The van der Waals surface area contributed by atoms with Crippen LogP contribution in [0.2, 0.25) is 0 Å². The molecule has 33 heavy (non-hydrogen) atoms. The molecular weight excluding hydrogens is 478 g/mol. The van der Waals surface area contributed by atoms with Crippen molar-refractivity contribution in [1.29, 1.82) is 5.26 Å². The average molecular weight is 504 g/mol. The molecule has 0 spiro atoms. The smallest absolute Gasteiger partial charge is 0.325 e. The summed E-state index contributed by atoms with van der Waals surface area (Å²) in [6, 6.07) is 9.94. The van der Waals surface area contributed by atoms with Gasteiger partial charge in [-0.05, 0) is 76.4 Å². The molecule has 2 unspecified atom stereocenters. The third kappa shape index (κ3) is 9.53. The number of benzene rings is 2. The zero-order valence-electron chi connectivity index (χ0n) is 18.7. The van der Waals surface area contributed by atoms with Gasteiger partial charge in [-0.25, -0.2) is 13.3 Å². The van der Waals surface area contributed by atoms with Gasteiger partial charge < -0.3 is 5.32 Å². The zero-order chi connectivity index (χ0) is 25.4. The predicted octanol–water partition coefficient (Wildman–Crippen LogP) is 5.50. The second-order valence-corrected chi connectivity index (χ2v) is 10.6. The first-order chi connectivity index (χ1) is 15.2. The summed E-state index contributed by atoms with van der Waals surface area (Å²) in [7, 11) is -1.50. The second kappa shape index (κ2) is 12.2. The Morgan fingerprint density at radius 1 is 1.12 bits per heavy atom. The molecule has 0 saturated heterocycles. The van der Waals surface area contributed by atoms with Gasteiger partial charge >= 0.3 is 6.18 Å². The molecule has 0 aromatic heterocycles. The summed E-state index contributed by atoms with van der Waals surface area (Å²) in [5.74, 6) is -0.807. The Morgan fingerprint density at radius 2 is 1.70 bits per heavy atom. The molecule has 2 N–H and O–H groups in total. The number of nitrogens with zero attached hydrogens (tertiary/aromatic N) is 1. The minimum atomic E-state index is -4.70. The molecule has 180 valence electrons. The molecule has 1 amide bonds. The van der Waals surface area contributed by atoms with Gasteiger partial charge in [-0.1, -0.05) is 0 Å². The number of nitriles is 1. The van der Waals surface area contributed by atoms with Gasteiger partial charge in [0, 0.05) is 10.6 Å². The van der Waals surface area contributed by atoms with Gasteiger partial charge in [0.05, 0.1) is 39.0 Å². The number of halogens is 4. The Bertz CT molecular complexity index is 1010. The highest BCUT2D eigenvalue weighted by Gasteiger charge is 2.34. The summed E-state index contributed by atoms with van der Waals surface area (Å²) in [5, 5.41) is 11.1. The number of hydrogen-bond donors (Lipinski definition) is 2. The molecule has 2 aromatic rings. The van der Waals surface area contributed by atoms with E-state index in [1.165, 1.54) is 31.2 Å². The molecule has 0 bridgehead atoms. The fourth-order valence-electron chi connectivity index (χ4n) is 2.17. The number of hydrogen-bond acceptors (Lipinski definition) is 4. The Morgan fingerprint density at radius 3 is 2.15 bits per heavy atom. The molecule has 0 heterocycles. The number of amides is 1. The molecule has 0 aliphatic carbocycles. The minimum absolute atomic E-state index is 0.0958. The van der Waals surface area contributed by atoms with Gasteiger partial charge in [-0.15, -0.1) is 11.8 Å². The van der Waals surface area contributed by atoms with Gasteiger partial charge in [0.2, 0.25) is 5.91 Å². The van der Waals surface area contributed by atoms with Crippen molar-refractivity contribution in [2.75, 3.05) is 11.6 Å². The topological polar surface area (TPSA) is 82.0 Å². The maximum absolute atomic E-state index is 12.9. The van der Waals surface area contributed by atoms with Gasteiger partial charge in [0.15, 0.2) is 0 Å². The third-order valence-corrected chi connectivity index (χ3v) is 6.42. The fraction of sp³-hybridized carbons (Fsp3) is 0.364. The molecule has 0 radical (unpaired) electrons. The molecule has 0 saturated carbocycles. The summed E-state index contributed by atoms with van der Waals surface area (Å²) in [6.07, 6.45) is -2.74. The van der Waals surface area contributed by atoms with Crippen LogP contribution in [0, 0.1) is 17.1 Å². The number of nitrogens with one attached hydrogen (secondary N) is 2. The predicted molar refractivity (Wildman–Crippen MR) is 123 cm³/mol. The first-order valence-electron chi connectivity index (χ1n) is 9.59. The number of alkyl halides is 3. The van der Waals surface area contributed by atoms with Gasteiger partial charge in [0.25, 0.3) is 0 Å². The third-order valence-electron chi connectivity index (χ3n) is 4.00. The maximum Gasteiger partial charge on any atom is 0.417 e. The van der Waals surface area contributed by atoms with Crippen LogP contribution < -0.4 is 10.0 Å². The van der Waals surface area contributed by atoms with E-state index in [2.05, 4.69) is 10.0 Å². The van der Waals surface area contributed by atoms with Crippen LogP contribution in [0.5, 0.6) is 0 Å². The molecule has 0 aliphatic heterocycles. The van der Waals surface area contributed by atoms with E-state index < -0.39 is 45.0 Å². The highest BCUT2D eigenvalue weighted by Crippen LogP contribution is 2.33. The van der Waals surface area contributed by atoms with Crippen molar-refractivity contribution in [3.8, 4) is 6.07 Å². The zero-order valence-corrected chi connectivity index (χ0v) is 20.3. The molecule has 2 rings (SSSR count). The summed E-state index contributed by atoms with van der Waals surface area (Å²) in [6.45, 7) is 6.61. The van der Waals surface area contributed by atoms with E-state index in [-0.39, 0.29) is 11.5 Å². The largest absolute Gasteiger partial charge is 0.417 e. The molecule has 2 atom stereocenters. The van der Waals surface area contributed by atoms with Crippen LogP contribution in [0.15, 0.2) is 47.4 Å². The van der Waals surface area contributed by atoms with E-state index in [0.717, 1.165) is 11.0 Å². The lowest BCUT2D eigenvalue weighted by atomic mass is 10.1. The van der Waals surface area contributed by atoms with E-state index in [1.807, 2.05) is 6.26 Å². The van der Waals surface area contributed by atoms with E-state index in [0.29, 0.717) is 6.07 Å². The highest BCUT2D eigenvalue weighted by molar-refractivity contribution is 7.98. The van der Waals surface area contributed by atoms with Crippen molar-refractivity contribution in [2.45, 2.75) is 49.6 Å². The lowest BCUT2D eigenvalue weighted by Crippen LogP contribution is -2.44. The number of rotatable bonds is 5. The van der Waals surface area contributed by atoms with Crippen LogP contribution in [0.4, 0.5) is 23.2 Å². The lowest BCUT2D eigenvalue weighted by Gasteiger charge is -2.21. The number of anilines is 1. The number of carbonyl (C=O) groups excluding carboxylic acids is 1. The van der Waals surface area contributed by atoms with E-state index >= 15 is 0 Å². The van der Waals surface area contributed by atoms with Crippen LogP contribution in [0.1, 0.15) is 38.8 Å². The molecular formula is C22H25F4N3O2S2. The van der Waals surface area contributed by atoms with Crippen LogP contribution in [-0.4, -0.2) is 27.2 Å². The monoisotopic (exact) mass is 503 g/mol. The molecule has 5 nitrogen and oxygen atoms in total. The SMILES string of the molecule is CC(NS(=O)C(C)(C)C)C(=O)Nc1ccc(C#N)c(C(F)(F)F)c1.CSc1ccc(F)cc1.